The Labute approximate surface area is 222 Å². The topological polar surface area (TPSA) is 3.88 Å². The second kappa shape index (κ2) is 9.43. The van der Waals surface area contributed by atoms with Crippen molar-refractivity contribution in [1.82, 2.24) is 0 Å². The lowest BCUT2D eigenvalue weighted by atomic mass is 9.82. The number of hydrogen-bond acceptors (Lipinski definition) is 0. The van der Waals surface area contributed by atoms with Gasteiger partial charge >= 0.3 is 6.18 Å². The molecule has 0 N–H and O–H groups in total. The Bertz CT molecular complexity index is 1620. The van der Waals surface area contributed by atoms with Crippen LogP contribution in [-0.4, -0.2) is 0 Å². The molecule has 192 valence electrons. The summed E-state index contributed by atoms with van der Waals surface area (Å²) in [6, 6.07) is 28.8. The van der Waals surface area contributed by atoms with E-state index in [1.165, 1.54) is 11.5 Å². The maximum atomic E-state index is 14.3. The molecule has 0 bridgehead atoms. The van der Waals surface area contributed by atoms with E-state index in [1.807, 2.05) is 66.1 Å². The highest BCUT2D eigenvalue weighted by Gasteiger charge is 2.37. The van der Waals surface area contributed by atoms with Gasteiger partial charge in [0.2, 0.25) is 5.69 Å². The maximum absolute atomic E-state index is 14.3. The minimum absolute atomic E-state index is 0.140. The summed E-state index contributed by atoms with van der Waals surface area (Å²) in [4.78, 5) is 0. The van der Waals surface area contributed by atoms with Gasteiger partial charge in [-0.25, -0.2) is 0 Å². The molecule has 0 radical (unpaired) electrons. The third-order valence-corrected chi connectivity index (χ3v) is 7.24. The van der Waals surface area contributed by atoms with Crippen LogP contribution in [0.15, 0.2) is 97.2 Å². The summed E-state index contributed by atoms with van der Waals surface area (Å²) in [6.07, 6.45) is -2.83. The number of aromatic nitrogens is 1. The predicted octanol–water partition coefficient (Wildman–Crippen LogP) is 9.38. The Kier molecular flexibility index (Phi) is 6.38. The van der Waals surface area contributed by atoms with Crippen LogP contribution < -0.4 is 4.57 Å². The molecule has 0 aliphatic rings. The normalized spacial score (nSPS) is 12.2. The highest BCUT2D eigenvalue weighted by atomic mass is 19.4. The Morgan fingerprint density at radius 2 is 1.16 bits per heavy atom. The Hall–Kier alpha value is -3.92. The van der Waals surface area contributed by atoms with E-state index in [0.29, 0.717) is 11.3 Å². The van der Waals surface area contributed by atoms with Crippen molar-refractivity contribution in [3.05, 3.63) is 120 Å². The number of fused-ring (bicyclic) bond motifs is 1. The number of hydrogen-bond donors (Lipinski definition) is 0. The minimum Gasteiger partial charge on any atom is -0.166 e. The summed E-state index contributed by atoms with van der Waals surface area (Å²) in [5, 5.41) is 2.28. The lowest BCUT2D eigenvalue weighted by Crippen LogP contribution is -2.36. The van der Waals surface area contributed by atoms with Gasteiger partial charge < -0.3 is 0 Å². The molecule has 0 aliphatic heterocycles. The molecule has 0 aliphatic carbocycles. The number of rotatable bonds is 3. The third kappa shape index (κ3) is 4.71. The second-order valence-electron chi connectivity index (χ2n) is 10.9. The number of nitrogens with zero attached hydrogens (tertiary/aromatic N) is 1. The van der Waals surface area contributed by atoms with Gasteiger partial charge in [-0.2, -0.15) is 17.7 Å². The van der Waals surface area contributed by atoms with Crippen LogP contribution >= 0.6 is 0 Å². The Morgan fingerprint density at radius 3 is 1.76 bits per heavy atom. The zero-order chi connectivity index (χ0) is 27.2. The van der Waals surface area contributed by atoms with Gasteiger partial charge in [0.05, 0.1) is 11.1 Å². The standard InChI is InChI=1S/C34H31F3N/c1-22-19-31(34(35,36)37)29(26-17-15-25(16-18-26)24-11-7-6-8-12-24)21-38(22)32-20-30(33(3,4)5)28-14-10-9-13-27(28)23(32)2/h6-21H,1-5H3/q+1. The van der Waals surface area contributed by atoms with E-state index in [1.54, 1.807) is 25.3 Å². The molecular formula is C34H31F3N+. The van der Waals surface area contributed by atoms with Gasteiger partial charge in [-0.05, 0) is 45.4 Å². The van der Waals surface area contributed by atoms with Crippen molar-refractivity contribution < 1.29 is 17.7 Å². The van der Waals surface area contributed by atoms with Gasteiger partial charge in [0, 0.05) is 24.6 Å². The fourth-order valence-electron chi connectivity index (χ4n) is 5.23. The minimum atomic E-state index is -4.48. The monoisotopic (exact) mass is 510 g/mol. The summed E-state index contributed by atoms with van der Waals surface area (Å²) in [7, 11) is 0. The Balaban J connectivity index is 1.74. The van der Waals surface area contributed by atoms with Crippen LogP contribution in [0.1, 0.15) is 43.2 Å². The molecule has 5 rings (SSSR count). The molecule has 0 atom stereocenters. The molecule has 0 fully saturated rings. The smallest absolute Gasteiger partial charge is 0.166 e. The zero-order valence-corrected chi connectivity index (χ0v) is 22.3. The molecule has 0 unspecified atom stereocenters. The van der Waals surface area contributed by atoms with E-state index >= 15 is 0 Å². The van der Waals surface area contributed by atoms with Gasteiger partial charge in [-0.15, -0.1) is 0 Å². The van der Waals surface area contributed by atoms with Gasteiger partial charge in [0.15, 0.2) is 11.9 Å². The third-order valence-electron chi connectivity index (χ3n) is 7.24. The quantitative estimate of drug-likeness (QED) is 0.213. The van der Waals surface area contributed by atoms with Crippen LogP contribution in [0.2, 0.25) is 0 Å². The lowest BCUT2D eigenvalue weighted by Gasteiger charge is -2.23. The first kappa shape index (κ1) is 25.7. The van der Waals surface area contributed by atoms with Crippen LogP contribution in [0, 0.1) is 13.8 Å². The number of pyridine rings is 1. The number of alkyl halides is 3. The van der Waals surface area contributed by atoms with Crippen molar-refractivity contribution in [3.63, 3.8) is 0 Å². The van der Waals surface area contributed by atoms with Gasteiger partial charge in [-0.1, -0.05) is 99.6 Å². The molecule has 1 nitrogen and oxygen atoms in total. The molecule has 4 heteroatoms. The van der Waals surface area contributed by atoms with E-state index in [9.17, 15) is 13.2 Å². The van der Waals surface area contributed by atoms with Gasteiger partial charge in [-0.3, -0.25) is 0 Å². The summed E-state index contributed by atoms with van der Waals surface area (Å²) in [5.74, 6) is 0. The predicted molar refractivity (Wildman–Crippen MR) is 150 cm³/mol. The summed E-state index contributed by atoms with van der Waals surface area (Å²) >= 11 is 0. The van der Waals surface area contributed by atoms with Crippen molar-refractivity contribution in [3.8, 4) is 27.9 Å². The highest BCUT2D eigenvalue weighted by molar-refractivity contribution is 5.91. The van der Waals surface area contributed by atoms with E-state index in [0.717, 1.165) is 33.3 Å². The Morgan fingerprint density at radius 1 is 0.605 bits per heavy atom. The van der Waals surface area contributed by atoms with Crippen LogP contribution in [0.5, 0.6) is 0 Å². The van der Waals surface area contributed by atoms with Crippen molar-refractivity contribution in [2.75, 3.05) is 0 Å². The molecular weight excluding hydrogens is 479 g/mol. The molecule has 38 heavy (non-hydrogen) atoms. The van der Waals surface area contributed by atoms with Crippen LogP contribution in [0.25, 0.3) is 38.7 Å². The fourth-order valence-corrected chi connectivity index (χ4v) is 5.23. The van der Waals surface area contributed by atoms with E-state index in [-0.39, 0.29) is 11.0 Å². The van der Waals surface area contributed by atoms with Crippen molar-refractivity contribution >= 4 is 10.8 Å². The largest absolute Gasteiger partial charge is 0.417 e. The first-order chi connectivity index (χ1) is 17.9. The average molecular weight is 511 g/mol. The molecule has 0 spiro atoms. The molecule has 0 saturated carbocycles. The van der Waals surface area contributed by atoms with Crippen LogP contribution in [0.4, 0.5) is 13.2 Å². The van der Waals surface area contributed by atoms with Crippen LogP contribution in [-0.2, 0) is 11.6 Å². The molecule has 1 heterocycles. The fraction of sp³-hybridized carbons (Fsp3) is 0.206. The molecule has 4 aromatic carbocycles. The first-order valence-corrected chi connectivity index (χ1v) is 12.8. The summed E-state index contributed by atoms with van der Waals surface area (Å²) in [5.41, 5.74) is 5.52. The number of benzene rings is 4. The maximum Gasteiger partial charge on any atom is 0.417 e. The van der Waals surface area contributed by atoms with E-state index in [4.69, 9.17) is 0 Å². The molecule has 0 amide bonds. The number of aryl methyl sites for hydroxylation is 2. The van der Waals surface area contributed by atoms with Crippen molar-refractivity contribution in [1.29, 1.82) is 0 Å². The number of halogens is 3. The summed E-state index contributed by atoms with van der Waals surface area (Å²) < 4.78 is 44.8. The van der Waals surface area contributed by atoms with Crippen molar-refractivity contribution in [2.45, 2.75) is 46.2 Å². The molecule has 5 aromatic rings. The average Bonchev–Trinajstić information content (AvgIpc) is 2.88. The first-order valence-electron chi connectivity index (χ1n) is 12.8. The van der Waals surface area contributed by atoms with Gasteiger partial charge in [0.25, 0.3) is 0 Å². The lowest BCUT2D eigenvalue weighted by molar-refractivity contribution is -0.602. The SMILES string of the molecule is Cc1c(-[n+]2cc(-c3ccc(-c4ccccc4)cc3)c(C(F)(F)F)cc2C)cc(C(C)(C)C)c2ccccc12. The second-order valence-corrected chi connectivity index (χ2v) is 10.9. The molecule has 1 aromatic heterocycles. The van der Waals surface area contributed by atoms with E-state index in [2.05, 4.69) is 39.0 Å². The van der Waals surface area contributed by atoms with E-state index < -0.39 is 11.7 Å². The highest BCUT2D eigenvalue weighted by Crippen LogP contribution is 2.39. The summed E-state index contributed by atoms with van der Waals surface area (Å²) in [6.45, 7) is 10.3. The van der Waals surface area contributed by atoms with Crippen LogP contribution in [0.3, 0.4) is 0 Å². The molecule has 0 saturated heterocycles. The zero-order valence-electron chi connectivity index (χ0n) is 22.3. The van der Waals surface area contributed by atoms with Crippen molar-refractivity contribution in [2.24, 2.45) is 0 Å². The van der Waals surface area contributed by atoms with Gasteiger partial charge in [0.1, 0.15) is 0 Å².